The number of carbonyl (C=O) groups excluding carboxylic acids is 1. The highest BCUT2D eigenvalue weighted by Crippen LogP contribution is 2.30. The highest BCUT2D eigenvalue weighted by atomic mass is 16.5. The van der Waals surface area contributed by atoms with Crippen LogP contribution in [0.2, 0.25) is 0 Å². The number of Topliss-reactive ketones (excluding diaryl/α,β-unsaturated/α-hetero) is 1. The number of aryl methyl sites for hydroxylation is 3. The predicted octanol–water partition coefficient (Wildman–Crippen LogP) is 7.47. The third-order valence-electron chi connectivity index (χ3n) is 6.35. The van der Waals surface area contributed by atoms with E-state index in [1.807, 2.05) is 24.3 Å². The first kappa shape index (κ1) is 22.1. The number of hydrogen-bond acceptors (Lipinski definition) is 2. The molecule has 2 atom stereocenters. The van der Waals surface area contributed by atoms with Crippen LogP contribution in [0.1, 0.15) is 64.4 Å². The monoisotopic (exact) mass is 424 g/mol. The molecule has 0 fully saturated rings. The van der Waals surface area contributed by atoms with Crippen LogP contribution in [0.3, 0.4) is 0 Å². The average molecular weight is 425 g/mol. The molecule has 2 unspecified atom stereocenters. The Bertz CT molecular complexity index is 1090. The molecule has 0 bridgehead atoms. The lowest BCUT2D eigenvalue weighted by Gasteiger charge is -2.17. The van der Waals surface area contributed by atoms with Gasteiger partial charge in [-0.3, -0.25) is 4.79 Å². The average Bonchev–Trinajstić information content (AvgIpc) is 2.87. The van der Waals surface area contributed by atoms with Gasteiger partial charge in [0.1, 0.15) is 5.75 Å². The standard InChI is InChI=1S/C30H32O2/c1-21-4-9-24(10-5-21)11-12-25-13-19-29-28(20-25)18-17-27(16-8-23(3)32-29)30(31)26-14-6-22(2)7-15-26/h4-7,9-15,19-20,23,27H,8,16-18H2,1-3H3/b12-11+. The van der Waals surface area contributed by atoms with Crippen molar-refractivity contribution in [2.45, 2.75) is 52.6 Å². The molecule has 1 heterocycles. The molecule has 3 aromatic carbocycles. The highest BCUT2D eigenvalue weighted by molar-refractivity contribution is 5.97. The quantitative estimate of drug-likeness (QED) is 0.321. The van der Waals surface area contributed by atoms with Gasteiger partial charge in [0.2, 0.25) is 0 Å². The molecule has 1 aliphatic rings. The molecule has 2 heteroatoms. The Morgan fingerprint density at radius 1 is 0.812 bits per heavy atom. The van der Waals surface area contributed by atoms with Gasteiger partial charge in [-0.15, -0.1) is 0 Å². The Morgan fingerprint density at radius 2 is 1.44 bits per heavy atom. The van der Waals surface area contributed by atoms with E-state index >= 15 is 0 Å². The van der Waals surface area contributed by atoms with E-state index in [4.69, 9.17) is 4.74 Å². The lowest BCUT2D eigenvalue weighted by Crippen LogP contribution is -2.18. The molecule has 3 aromatic rings. The fourth-order valence-corrected chi connectivity index (χ4v) is 4.28. The zero-order valence-electron chi connectivity index (χ0n) is 19.3. The van der Waals surface area contributed by atoms with E-state index < -0.39 is 0 Å². The molecular formula is C30H32O2. The second kappa shape index (κ2) is 9.99. The molecule has 1 aliphatic heterocycles. The smallest absolute Gasteiger partial charge is 0.165 e. The van der Waals surface area contributed by atoms with Crippen molar-refractivity contribution in [2.75, 3.05) is 0 Å². The van der Waals surface area contributed by atoms with Crippen molar-refractivity contribution in [1.82, 2.24) is 0 Å². The Kier molecular flexibility index (Phi) is 6.90. The van der Waals surface area contributed by atoms with Gasteiger partial charge in [0.25, 0.3) is 0 Å². The summed E-state index contributed by atoms with van der Waals surface area (Å²) >= 11 is 0. The summed E-state index contributed by atoms with van der Waals surface area (Å²) in [5, 5.41) is 0. The van der Waals surface area contributed by atoms with E-state index in [1.54, 1.807) is 0 Å². The van der Waals surface area contributed by atoms with E-state index in [1.165, 1.54) is 22.3 Å². The van der Waals surface area contributed by atoms with Gasteiger partial charge in [-0.2, -0.15) is 0 Å². The summed E-state index contributed by atoms with van der Waals surface area (Å²) in [6, 6.07) is 22.9. The van der Waals surface area contributed by atoms with Crippen LogP contribution in [0.4, 0.5) is 0 Å². The molecular weight excluding hydrogens is 392 g/mol. The zero-order valence-corrected chi connectivity index (χ0v) is 19.3. The number of hydrogen-bond donors (Lipinski definition) is 0. The molecule has 0 spiro atoms. The summed E-state index contributed by atoms with van der Waals surface area (Å²) in [5.41, 5.74) is 6.79. The van der Waals surface area contributed by atoms with E-state index in [9.17, 15) is 4.79 Å². The second-order valence-electron chi connectivity index (χ2n) is 9.08. The van der Waals surface area contributed by atoms with Crippen molar-refractivity contribution in [3.8, 4) is 5.75 Å². The molecule has 2 nitrogen and oxygen atoms in total. The van der Waals surface area contributed by atoms with Crippen molar-refractivity contribution in [1.29, 1.82) is 0 Å². The van der Waals surface area contributed by atoms with Gasteiger partial charge in [0.15, 0.2) is 5.78 Å². The van der Waals surface area contributed by atoms with Crippen LogP contribution < -0.4 is 4.74 Å². The summed E-state index contributed by atoms with van der Waals surface area (Å²) in [7, 11) is 0. The molecule has 0 saturated carbocycles. The maximum absolute atomic E-state index is 13.2. The largest absolute Gasteiger partial charge is 0.490 e. The Morgan fingerprint density at radius 3 is 2.16 bits per heavy atom. The Hall–Kier alpha value is -3.13. The molecule has 164 valence electrons. The van der Waals surface area contributed by atoms with Gasteiger partial charge in [-0.05, 0) is 75.3 Å². The van der Waals surface area contributed by atoms with E-state index in [2.05, 4.69) is 75.4 Å². The second-order valence-corrected chi connectivity index (χ2v) is 9.08. The van der Waals surface area contributed by atoms with Crippen molar-refractivity contribution < 1.29 is 9.53 Å². The summed E-state index contributed by atoms with van der Waals surface area (Å²) in [4.78, 5) is 13.2. The maximum Gasteiger partial charge on any atom is 0.165 e. The first-order chi connectivity index (χ1) is 15.5. The van der Waals surface area contributed by atoms with Gasteiger partial charge in [-0.25, -0.2) is 0 Å². The zero-order chi connectivity index (χ0) is 22.5. The topological polar surface area (TPSA) is 26.3 Å². The summed E-state index contributed by atoms with van der Waals surface area (Å²) in [6.07, 6.45) is 7.82. The predicted molar refractivity (Wildman–Crippen MR) is 133 cm³/mol. The SMILES string of the molecule is Cc1ccc(/C=C/c2ccc3c(c2)CCC(C(=O)c2ccc(C)cc2)CCC(C)O3)cc1. The minimum atomic E-state index is 0.0291. The molecule has 32 heavy (non-hydrogen) atoms. The fraction of sp³-hybridized carbons (Fsp3) is 0.300. The van der Waals surface area contributed by atoms with Crippen LogP contribution in [-0.4, -0.2) is 11.9 Å². The van der Waals surface area contributed by atoms with E-state index in [-0.39, 0.29) is 17.8 Å². The maximum atomic E-state index is 13.2. The van der Waals surface area contributed by atoms with Gasteiger partial charge < -0.3 is 4.74 Å². The van der Waals surface area contributed by atoms with E-state index in [0.29, 0.717) is 0 Å². The third kappa shape index (κ3) is 5.56. The van der Waals surface area contributed by atoms with Gasteiger partial charge in [0.05, 0.1) is 6.10 Å². The normalized spacial score (nSPS) is 18.8. The number of ether oxygens (including phenoxy) is 1. The lowest BCUT2D eigenvalue weighted by molar-refractivity contribution is 0.0897. The lowest BCUT2D eigenvalue weighted by atomic mass is 9.87. The third-order valence-corrected chi connectivity index (χ3v) is 6.35. The number of carbonyl (C=O) groups is 1. The molecule has 0 amide bonds. The number of ketones is 1. The number of fused-ring (bicyclic) bond motifs is 1. The van der Waals surface area contributed by atoms with Crippen LogP contribution in [0.15, 0.2) is 66.7 Å². The molecule has 0 N–H and O–H groups in total. The molecule has 0 saturated heterocycles. The van der Waals surface area contributed by atoms with Crippen LogP contribution in [0.5, 0.6) is 5.75 Å². The first-order valence-corrected chi connectivity index (χ1v) is 11.6. The molecule has 0 aromatic heterocycles. The van der Waals surface area contributed by atoms with Crippen molar-refractivity contribution in [2.24, 2.45) is 5.92 Å². The highest BCUT2D eigenvalue weighted by Gasteiger charge is 2.24. The Labute approximate surface area is 192 Å². The molecule has 0 aliphatic carbocycles. The van der Waals surface area contributed by atoms with Crippen LogP contribution in [0.25, 0.3) is 12.2 Å². The van der Waals surface area contributed by atoms with Crippen LogP contribution in [0, 0.1) is 19.8 Å². The van der Waals surface area contributed by atoms with Crippen LogP contribution in [-0.2, 0) is 6.42 Å². The summed E-state index contributed by atoms with van der Waals surface area (Å²) in [5.74, 6) is 1.24. The molecule has 4 rings (SSSR count). The van der Waals surface area contributed by atoms with E-state index in [0.717, 1.165) is 42.6 Å². The summed E-state index contributed by atoms with van der Waals surface area (Å²) < 4.78 is 6.26. The van der Waals surface area contributed by atoms with Crippen LogP contribution >= 0.6 is 0 Å². The summed E-state index contributed by atoms with van der Waals surface area (Å²) in [6.45, 7) is 6.26. The first-order valence-electron chi connectivity index (χ1n) is 11.6. The van der Waals surface area contributed by atoms with Crippen molar-refractivity contribution in [3.05, 3.63) is 100 Å². The fourth-order valence-electron chi connectivity index (χ4n) is 4.28. The minimum absolute atomic E-state index is 0.0291. The van der Waals surface area contributed by atoms with Crippen molar-refractivity contribution in [3.63, 3.8) is 0 Å². The van der Waals surface area contributed by atoms with Gasteiger partial charge >= 0.3 is 0 Å². The Balaban J connectivity index is 1.54. The van der Waals surface area contributed by atoms with Gasteiger partial charge in [-0.1, -0.05) is 77.9 Å². The van der Waals surface area contributed by atoms with Crippen molar-refractivity contribution >= 4 is 17.9 Å². The molecule has 0 radical (unpaired) electrons. The number of rotatable bonds is 4. The number of benzene rings is 3. The minimum Gasteiger partial charge on any atom is -0.490 e. The van der Waals surface area contributed by atoms with Gasteiger partial charge in [0, 0.05) is 11.5 Å².